The Hall–Kier alpha value is -3.64. The Bertz CT molecular complexity index is 1190. The van der Waals surface area contributed by atoms with Crippen LogP contribution in [0.2, 0.25) is 5.02 Å². The number of rotatable bonds is 7. The highest BCUT2D eigenvalue weighted by molar-refractivity contribution is 6.36. The Morgan fingerprint density at radius 3 is 2.50 bits per heavy atom. The zero-order valence-electron chi connectivity index (χ0n) is 17.8. The Morgan fingerprint density at radius 1 is 1.06 bits per heavy atom. The van der Waals surface area contributed by atoms with Gasteiger partial charge in [0.05, 0.1) is 18.7 Å². The van der Waals surface area contributed by atoms with Crippen molar-refractivity contribution in [3.05, 3.63) is 94.4 Å². The molecule has 1 aliphatic rings. The van der Waals surface area contributed by atoms with Crippen LogP contribution >= 0.6 is 11.6 Å². The van der Waals surface area contributed by atoms with Crippen molar-refractivity contribution >= 4 is 34.7 Å². The molecule has 0 aliphatic carbocycles. The number of nitrogens with one attached hydrogen (secondary N) is 1. The van der Waals surface area contributed by atoms with Crippen LogP contribution in [-0.4, -0.2) is 28.3 Å². The van der Waals surface area contributed by atoms with Crippen LogP contribution in [0.15, 0.2) is 72.7 Å². The standard InChI is InChI=1S/C25H22ClN3O3/c1-3-32-20-9-6-18(7-10-20)22-23(28-21-11-8-19(26)13-16(21)2)25(31)29(24(22)30)15-17-5-4-12-27-14-17/h4-14,28H,3,15H2,1-2H3. The maximum atomic E-state index is 13.4. The van der Waals surface area contributed by atoms with Gasteiger partial charge in [0.25, 0.3) is 11.8 Å². The molecule has 1 aliphatic heterocycles. The van der Waals surface area contributed by atoms with E-state index >= 15 is 0 Å². The van der Waals surface area contributed by atoms with Crippen molar-refractivity contribution in [3.8, 4) is 5.75 Å². The number of carbonyl (C=O) groups excluding carboxylic acids is 2. The van der Waals surface area contributed by atoms with Crippen molar-refractivity contribution in [1.82, 2.24) is 9.88 Å². The molecular weight excluding hydrogens is 426 g/mol. The van der Waals surface area contributed by atoms with E-state index in [9.17, 15) is 9.59 Å². The minimum atomic E-state index is -0.392. The smallest absolute Gasteiger partial charge is 0.278 e. The SMILES string of the molecule is CCOc1ccc(C2=C(Nc3ccc(Cl)cc3C)C(=O)N(Cc3cccnc3)C2=O)cc1. The molecule has 0 bridgehead atoms. The molecule has 0 spiro atoms. The van der Waals surface area contributed by atoms with Crippen molar-refractivity contribution in [2.24, 2.45) is 0 Å². The fourth-order valence-electron chi connectivity index (χ4n) is 3.56. The summed E-state index contributed by atoms with van der Waals surface area (Å²) in [5, 5.41) is 3.78. The Morgan fingerprint density at radius 2 is 1.84 bits per heavy atom. The van der Waals surface area contributed by atoms with Crippen LogP contribution < -0.4 is 10.1 Å². The zero-order chi connectivity index (χ0) is 22.7. The number of hydrogen-bond donors (Lipinski definition) is 1. The van der Waals surface area contributed by atoms with Gasteiger partial charge < -0.3 is 10.1 Å². The predicted molar refractivity (Wildman–Crippen MR) is 124 cm³/mol. The highest BCUT2D eigenvalue weighted by Crippen LogP contribution is 2.33. The molecule has 0 saturated carbocycles. The Labute approximate surface area is 191 Å². The summed E-state index contributed by atoms with van der Waals surface area (Å²) >= 11 is 6.08. The number of imide groups is 1. The number of halogens is 1. The lowest BCUT2D eigenvalue weighted by Crippen LogP contribution is -2.32. The molecule has 2 aromatic carbocycles. The summed E-state index contributed by atoms with van der Waals surface area (Å²) in [6.07, 6.45) is 3.29. The van der Waals surface area contributed by atoms with Gasteiger partial charge in [0, 0.05) is 23.1 Å². The van der Waals surface area contributed by atoms with Crippen molar-refractivity contribution in [2.75, 3.05) is 11.9 Å². The fraction of sp³-hybridized carbons (Fsp3) is 0.160. The van der Waals surface area contributed by atoms with E-state index in [2.05, 4.69) is 10.3 Å². The number of benzene rings is 2. The van der Waals surface area contributed by atoms with Gasteiger partial charge >= 0.3 is 0 Å². The van der Waals surface area contributed by atoms with Crippen LogP contribution in [0, 0.1) is 6.92 Å². The summed E-state index contributed by atoms with van der Waals surface area (Å²) < 4.78 is 5.51. The molecule has 0 atom stereocenters. The molecule has 6 nitrogen and oxygen atoms in total. The minimum absolute atomic E-state index is 0.136. The molecule has 0 saturated heterocycles. The number of pyridine rings is 1. The van der Waals surface area contributed by atoms with Gasteiger partial charge in [0.1, 0.15) is 11.4 Å². The summed E-state index contributed by atoms with van der Waals surface area (Å²) in [5.41, 5.74) is 3.52. The summed E-state index contributed by atoms with van der Waals surface area (Å²) in [5.74, 6) is -0.0573. The van der Waals surface area contributed by atoms with Gasteiger partial charge in [-0.3, -0.25) is 19.5 Å². The summed E-state index contributed by atoms with van der Waals surface area (Å²) in [7, 11) is 0. The molecule has 1 aromatic heterocycles. The molecular formula is C25H22ClN3O3. The molecule has 3 aromatic rings. The molecule has 2 heterocycles. The van der Waals surface area contributed by atoms with Gasteiger partial charge in [-0.1, -0.05) is 29.8 Å². The van der Waals surface area contributed by atoms with E-state index in [-0.39, 0.29) is 18.1 Å². The molecule has 0 unspecified atom stereocenters. The fourth-order valence-corrected chi connectivity index (χ4v) is 3.79. The van der Waals surface area contributed by atoms with E-state index < -0.39 is 5.91 Å². The van der Waals surface area contributed by atoms with Gasteiger partial charge in [-0.15, -0.1) is 0 Å². The second-order valence-corrected chi connectivity index (χ2v) is 7.79. The number of aryl methyl sites for hydroxylation is 1. The Balaban J connectivity index is 1.74. The largest absolute Gasteiger partial charge is 0.494 e. The summed E-state index contributed by atoms with van der Waals surface area (Å²) in [4.78, 5) is 32.1. The minimum Gasteiger partial charge on any atom is -0.494 e. The number of hydrogen-bond acceptors (Lipinski definition) is 5. The monoisotopic (exact) mass is 447 g/mol. The average Bonchev–Trinajstić information content (AvgIpc) is 3.01. The summed E-state index contributed by atoms with van der Waals surface area (Å²) in [6, 6.07) is 16.1. The van der Waals surface area contributed by atoms with Gasteiger partial charge in [0.2, 0.25) is 0 Å². The molecule has 7 heteroatoms. The quantitative estimate of drug-likeness (QED) is 0.525. The van der Waals surface area contributed by atoms with Gasteiger partial charge in [0.15, 0.2) is 0 Å². The van der Waals surface area contributed by atoms with E-state index in [1.54, 1.807) is 60.9 Å². The third kappa shape index (κ3) is 4.36. The molecule has 162 valence electrons. The van der Waals surface area contributed by atoms with Crippen molar-refractivity contribution in [2.45, 2.75) is 20.4 Å². The highest BCUT2D eigenvalue weighted by Gasteiger charge is 2.39. The number of amides is 2. The van der Waals surface area contributed by atoms with Crippen LogP contribution in [0.4, 0.5) is 5.69 Å². The number of anilines is 1. The van der Waals surface area contributed by atoms with E-state index in [4.69, 9.17) is 16.3 Å². The van der Waals surface area contributed by atoms with Gasteiger partial charge in [-0.05, 0) is 66.9 Å². The van der Waals surface area contributed by atoms with Crippen LogP contribution in [0.5, 0.6) is 5.75 Å². The molecule has 0 fully saturated rings. The van der Waals surface area contributed by atoms with Gasteiger partial charge in [-0.25, -0.2) is 0 Å². The molecule has 0 radical (unpaired) electrons. The number of aromatic nitrogens is 1. The van der Waals surface area contributed by atoms with Crippen LogP contribution in [0.3, 0.4) is 0 Å². The molecule has 32 heavy (non-hydrogen) atoms. The van der Waals surface area contributed by atoms with Gasteiger partial charge in [-0.2, -0.15) is 0 Å². The first-order valence-electron chi connectivity index (χ1n) is 10.2. The average molecular weight is 448 g/mol. The van der Waals surface area contributed by atoms with Crippen LogP contribution in [0.25, 0.3) is 5.57 Å². The van der Waals surface area contributed by atoms with E-state index in [1.165, 1.54) is 4.90 Å². The number of ether oxygens (including phenoxy) is 1. The predicted octanol–water partition coefficient (Wildman–Crippen LogP) is 4.83. The molecule has 1 N–H and O–H groups in total. The third-order valence-electron chi connectivity index (χ3n) is 5.13. The second-order valence-electron chi connectivity index (χ2n) is 7.35. The number of nitrogens with zero attached hydrogens (tertiary/aromatic N) is 2. The first kappa shape index (κ1) is 21.6. The lowest BCUT2D eigenvalue weighted by Gasteiger charge is -2.15. The van der Waals surface area contributed by atoms with Crippen LogP contribution in [0.1, 0.15) is 23.6 Å². The topological polar surface area (TPSA) is 71.5 Å². The molecule has 2 amide bonds. The van der Waals surface area contributed by atoms with Crippen molar-refractivity contribution < 1.29 is 14.3 Å². The van der Waals surface area contributed by atoms with Crippen LogP contribution in [-0.2, 0) is 16.1 Å². The van der Waals surface area contributed by atoms with E-state index in [1.807, 2.05) is 19.9 Å². The maximum Gasteiger partial charge on any atom is 0.278 e. The number of carbonyl (C=O) groups is 2. The molecule has 4 rings (SSSR count). The lowest BCUT2D eigenvalue weighted by atomic mass is 10.0. The maximum absolute atomic E-state index is 13.4. The van der Waals surface area contributed by atoms with E-state index in [0.29, 0.717) is 34.2 Å². The van der Waals surface area contributed by atoms with Crippen molar-refractivity contribution in [1.29, 1.82) is 0 Å². The Kier molecular flexibility index (Phi) is 6.23. The lowest BCUT2D eigenvalue weighted by molar-refractivity contribution is -0.137. The first-order chi connectivity index (χ1) is 15.5. The first-order valence-corrected chi connectivity index (χ1v) is 10.6. The normalized spacial score (nSPS) is 13.7. The third-order valence-corrected chi connectivity index (χ3v) is 5.37. The van der Waals surface area contributed by atoms with E-state index in [0.717, 1.165) is 11.1 Å². The summed E-state index contributed by atoms with van der Waals surface area (Å²) in [6.45, 7) is 4.47. The second kappa shape index (κ2) is 9.24. The zero-order valence-corrected chi connectivity index (χ0v) is 18.5. The van der Waals surface area contributed by atoms with Crippen molar-refractivity contribution in [3.63, 3.8) is 0 Å². The highest BCUT2D eigenvalue weighted by atomic mass is 35.5.